The average Bonchev–Trinajstić information content (AvgIpc) is 3.50. The average molecular weight is 481 g/mol. The maximum absolute atomic E-state index is 13.0. The van der Waals surface area contributed by atoms with E-state index >= 15 is 0 Å². The van der Waals surface area contributed by atoms with E-state index in [4.69, 9.17) is 9.15 Å². The Morgan fingerprint density at radius 3 is 2.73 bits per heavy atom. The molecule has 0 N–H and O–H groups in total. The first kappa shape index (κ1) is 21.8. The van der Waals surface area contributed by atoms with Gasteiger partial charge in [0.15, 0.2) is 5.58 Å². The number of ether oxygens (including phenoxy) is 1. The lowest BCUT2D eigenvalue weighted by molar-refractivity contribution is 0.0741. The van der Waals surface area contributed by atoms with Crippen LogP contribution < -0.4 is 9.64 Å². The second-order valence-corrected chi connectivity index (χ2v) is 9.64. The van der Waals surface area contributed by atoms with E-state index in [9.17, 15) is 4.79 Å². The summed E-state index contributed by atoms with van der Waals surface area (Å²) in [7, 11) is 1.68. The van der Waals surface area contributed by atoms with Gasteiger partial charge in [-0.1, -0.05) is 36.0 Å². The number of methoxy groups -OCH3 is 1. The Labute approximate surface area is 200 Å². The highest BCUT2D eigenvalue weighted by Crippen LogP contribution is 2.30. The standard InChI is InChI=1S/C24H24N4O3S2/c1-16-6-5-9-20-22(16)26-24(31-20)33-15-21-25-17(14-32-21)23(29)28-12-10-27(11-13-28)18-7-3-4-8-19(18)30-2/h3-9,14H,10-13,15H2,1-2H3. The number of fused-ring (bicyclic) bond motifs is 1. The van der Waals surface area contributed by atoms with Gasteiger partial charge >= 0.3 is 0 Å². The van der Waals surface area contributed by atoms with Crippen LogP contribution in [0, 0.1) is 6.92 Å². The quantitative estimate of drug-likeness (QED) is 0.365. The molecule has 7 nitrogen and oxygen atoms in total. The third kappa shape index (κ3) is 4.56. The zero-order valence-electron chi connectivity index (χ0n) is 18.5. The van der Waals surface area contributed by atoms with Gasteiger partial charge < -0.3 is 19.0 Å². The fourth-order valence-electron chi connectivity index (χ4n) is 3.93. The Bertz CT molecular complexity index is 1280. The normalized spacial score (nSPS) is 14.1. The van der Waals surface area contributed by atoms with Crippen LogP contribution in [0.4, 0.5) is 5.69 Å². The van der Waals surface area contributed by atoms with Crippen molar-refractivity contribution in [1.29, 1.82) is 0 Å². The number of nitrogens with zero attached hydrogens (tertiary/aromatic N) is 4. The molecule has 0 radical (unpaired) electrons. The first-order valence-corrected chi connectivity index (χ1v) is 12.6. The molecule has 0 atom stereocenters. The summed E-state index contributed by atoms with van der Waals surface area (Å²) in [6.45, 7) is 4.85. The predicted octanol–water partition coefficient (Wildman–Crippen LogP) is 4.86. The molecule has 1 aliphatic heterocycles. The van der Waals surface area contributed by atoms with Crippen LogP contribution in [0.5, 0.6) is 5.75 Å². The third-order valence-electron chi connectivity index (χ3n) is 5.68. The topological polar surface area (TPSA) is 71.7 Å². The van der Waals surface area contributed by atoms with Gasteiger partial charge in [-0.2, -0.15) is 0 Å². The highest BCUT2D eigenvalue weighted by Gasteiger charge is 2.25. The van der Waals surface area contributed by atoms with Gasteiger partial charge in [0, 0.05) is 31.6 Å². The minimum atomic E-state index is -0.0142. The number of hydrogen-bond acceptors (Lipinski definition) is 8. The molecule has 1 saturated heterocycles. The molecule has 1 amide bonds. The van der Waals surface area contributed by atoms with E-state index < -0.39 is 0 Å². The Kier molecular flexibility index (Phi) is 6.24. The zero-order chi connectivity index (χ0) is 22.8. The highest BCUT2D eigenvalue weighted by atomic mass is 32.2. The lowest BCUT2D eigenvalue weighted by Crippen LogP contribution is -2.49. The van der Waals surface area contributed by atoms with Crippen molar-refractivity contribution in [2.45, 2.75) is 17.9 Å². The molecule has 4 aromatic rings. The Balaban J connectivity index is 1.18. The maximum Gasteiger partial charge on any atom is 0.273 e. The van der Waals surface area contributed by atoms with Crippen molar-refractivity contribution >= 4 is 45.8 Å². The van der Waals surface area contributed by atoms with Crippen LogP contribution in [-0.4, -0.2) is 54.1 Å². The number of carbonyl (C=O) groups is 1. The number of aryl methyl sites for hydroxylation is 1. The van der Waals surface area contributed by atoms with Gasteiger partial charge in [0.1, 0.15) is 22.0 Å². The number of aromatic nitrogens is 2. The van der Waals surface area contributed by atoms with Gasteiger partial charge in [0.2, 0.25) is 0 Å². The molecule has 0 saturated carbocycles. The number of piperazine rings is 1. The zero-order valence-corrected chi connectivity index (χ0v) is 20.1. The molecule has 9 heteroatoms. The summed E-state index contributed by atoms with van der Waals surface area (Å²) in [6, 6.07) is 13.9. The number of oxazole rings is 1. The Morgan fingerprint density at radius 2 is 1.94 bits per heavy atom. The number of benzene rings is 2. The van der Waals surface area contributed by atoms with E-state index in [1.807, 2.05) is 53.6 Å². The molecule has 5 rings (SSSR count). The van der Waals surface area contributed by atoms with Gasteiger partial charge in [-0.05, 0) is 30.7 Å². The van der Waals surface area contributed by atoms with E-state index in [0.717, 1.165) is 46.2 Å². The van der Waals surface area contributed by atoms with Crippen molar-refractivity contribution in [3.63, 3.8) is 0 Å². The third-order valence-corrected chi connectivity index (χ3v) is 7.55. The summed E-state index contributed by atoms with van der Waals surface area (Å²) in [5.41, 5.74) is 4.35. The van der Waals surface area contributed by atoms with E-state index in [-0.39, 0.29) is 5.91 Å². The molecule has 2 aromatic heterocycles. The highest BCUT2D eigenvalue weighted by molar-refractivity contribution is 7.98. The molecule has 3 heterocycles. The predicted molar refractivity (Wildman–Crippen MR) is 132 cm³/mol. The fourth-order valence-corrected chi connectivity index (χ4v) is 5.55. The first-order chi connectivity index (χ1) is 16.1. The summed E-state index contributed by atoms with van der Waals surface area (Å²) in [5, 5.41) is 3.35. The molecule has 0 spiro atoms. The number of carbonyl (C=O) groups excluding carboxylic acids is 1. The molecule has 0 unspecified atom stereocenters. The van der Waals surface area contributed by atoms with E-state index in [1.54, 1.807) is 7.11 Å². The van der Waals surface area contributed by atoms with Crippen LogP contribution in [0.2, 0.25) is 0 Å². The second kappa shape index (κ2) is 9.44. The van der Waals surface area contributed by atoms with Gasteiger partial charge in [-0.15, -0.1) is 11.3 Å². The monoisotopic (exact) mass is 480 g/mol. The van der Waals surface area contributed by atoms with Gasteiger partial charge in [0.25, 0.3) is 11.1 Å². The van der Waals surface area contributed by atoms with Gasteiger partial charge in [-0.3, -0.25) is 4.79 Å². The fraction of sp³-hybridized carbons (Fsp3) is 0.292. The van der Waals surface area contributed by atoms with Gasteiger partial charge in [-0.25, -0.2) is 9.97 Å². The molecular formula is C24H24N4O3S2. The molecule has 2 aromatic carbocycles. The van der Waals surface area contributed by atoms with Crippen LogP contribution in [0.25, 0.3) is 11.1 Å². The van der Waals surface area contributed by atoms with Crippen LogP contribution in [0.3, 0.4) is 0 Å². The van der Waals surface area contributed by atoms with Crippen LogP contribution in [0.15, 0.2) is 57.5 Å². The second-order valence-electron chi connectivity index (χ2n) is 7.77. The molecule has 0 bridgehead atoms. The number of rotatable bonds is 6. The Hall–Kier alpha value is -3.04. The van der Waals surface area contributed by atoms with Crippen molar-refractivity contribution in [1.82, 2.24) is 14.9 Å². The van der Waals surface area contributed by atoms with Crippen molar-refractivity contribution in [2.75, 3.05) is 38.2 Å². The lowest BCUT2D eigenvalue weighted by atomic mass is 10.2. The summed E-state index contributed by atoms with van der Waals surface area (Å²) in [4.78, 5) is 26.3. The van der Waals surface area contributed by atoms with Crippen LogP contribution >= 0.6 is 23.1 Å². The van der Waals surface area contributed by atoms with E-state index in [1.165, 1.54) is 23.1 Å². The van der Waals surface area contributed by atoms with Crippen molar-refractivity contribution < 1.29 is 13.9 Å². The van der Waals surface area contributed by atoms with Crippen LogP contribution in [0.1, 0.15) is 21.1 Å². The van der Waals surface area contributed by atoms with Crippen LogP contribution in [-0.2, 0) is 5.75 Å². The first-order valence-electron chi connectivity index (χ1n) is 10.7. The summed E-state index contributed by atoms with van der Waals surface area (Å²) in [5.74, 6) is 1.46. The molecule has 0 aliphatic carbocycles. The largest absolute Gasteiger partial charge is 0.495 e. The SMILES string of the molecule is COc1ccccc1N1CCN(C(=O)c2csc(CSc3nc4c(C)cccc4o3)n2)CC1. The number of para-hydroxylation sites is 3. The van der Waals surface area contributed by atoms with Crippen molar-refractivity contribution in [3.8, 4) is 5.75 Å². The van der Waals surface area contributed by atoms with E-state index in [0.29, 0.717) is 29.8 Å². The number of thiazole rings is 1. The smallest absolute Gasteiger partial charge is 0.273 e. The lowest BCUT2D eigenvalue weighted by Gasteiger charge is -2.36. The number of hydrogen-bond donors (Lipinski definition) is 0. The van der Waals surface area contributed by atoms with E-state index in [2.05, 4.69) is 20.9 Å². The molecule has 33 heavy (non-hydrogen) atoms. The summed E-state index contributed by atoms with van der Waals surface area (Å²) >= 11 is 2.99. The Morgan fingerprint density at radius 1 is 1.12 bits per heavy atom. The molecule has 1 fully saturated rings. The summed E-state index contributed by atoms with van der Waals surface area (Å²) < 4.78 is 11.3. The molecular weight excluding hydrogens is 456 g/mol. The number of thioether (sulfide) groups is 1. The minimum absolute atomic E-state index is 0.0142. The van der Waals surface area contributed by atoms with Crippen molar-refractivity contribution in [3.05, 3.63) is 64.1 Å². The van der Waals surface area contributed by atoms with Crippen molar-refractivity contribution in [2.24, 2.45) is 0 Å². The van der Waals surface area contributed by atoms with Gasteiger partial charge in [0.05, 0.1) is 18.6 Å². The maximum atomic E-state index is 13.0. The number of anilines is 1. The number of amides is 1. The minimum Gasteiger partial charge on any atom is -0.495 e. The molecule has 170 valence electrons. The summed E-state index contributed by atoms with van der Waals surface area (Å²) in [6.07, 6.45) is 0. The molecule has 1 aliphatic rings.